The molecule has 0 fully saturated rings. The van der Waals surface area contributed by atoms with Gasteiger partial charge in [-0.2, -0.15) is 4.72 Å². The third kappa shape index (κ3) is 6.50. The van der Waals surface area contributed by atoms with Crippen LogP contribution in [0.2, 0.25) is 0 Å². The molecule has 3 rings (SSSR count). The molecule has 9 nitrogen and oxygen atoms in total. The van der Waals surface area contributed by atoms with Crippen molar-refractivity contribution >= 4 is 27.6 Å². The zero-order valence-electron chi connectivity index (χ0n) is 18.4. The van der Waals surface area contributed by atoms with Gasteiger partial charge < -0.3 is 5.32 Å². The van der Waals surface area contributed by atoms with E-state index in [1.165, 1.54) is 18.2 Å². The van der Waals surface area contributed by atoms with Crippen molar-refractivity contribution in [2.45, 2.75) is 23.9 Å². The normalized spacial score (nSPS) is 12.0. The molecule has 3 aromatic carbocycles. The van der Waals surface area contributed by atoms with Gasteiger partial charge in [-0.15, -0.1) is 0 Å². The molecule has 0 aliphatic carbocycles. The molecule has 0 heterocycles. The predicted molar refractivity (Wildman–Crippen MR) is 129 cm³/mol. The molecule has 34 heavy (non-hydrogen) atoms. The summed E-state index contributed by atoms with van der Waals surface area (Å²) in [6.45, 7) is 0.199. The number of rotatable bonds is 10. The molecule has 0 saturated heterocycles. The molecule has 1 atom stereocenters. The van der Waals surface area contributed by atoms with Gasteiger partial charge in [-0.1, -0.05) is 48.5 Å². The van der Waals surface area contributed by atoms with Crippen LogP contribution in [0.5, 0.6) is 0 Å². The van der Waals surface area contributed by atoms with Crippen LogP contribution in [-0.2, 0) is 27.8 Å². The van der Waals surface area contributed by atoms with Crippen molar-refractivity contribution in [3.63, 3.8) is 0 Å². The second-order valence-electron chi connectivity index (χ2n) is 7.72. The molecule has 0 saturated carbocycles. The van der Waals surface area contributed by atoms with E-state index in [0.717, 1.165) is 11.1 Å². The number of hydrogen-bond donors (Lipinski definition) is 6. The molecule has 0 spiro atoms. The fourth-order valence-corrected chi connectivity index (χ4v) is 4.50. The molecule has 176 valence electrons. The minimum absolute atomic E-state index is 0.00404. The van der Waals surface area contributed by atoms with Gasteiger partial charge in [-0.05, 0) is 47.9 Å². The first-order chi connectivity index (χ1) is 16.2. The SMILES string of the molecule is NC(=[NH2+])c1ccc(CNC(=O)[C@@H](Cc2ccccc2)NS(=O)(=O)c2cccc(C(N)=[NH2+])c2)cc1. The Hall–Kier alpha value is -4.02. The number of amides is 1. The van der Waals surface area contributed by atoms with Crippen molar-refractivity contribution in [2.24, 2.45) is 11.5 Å². The van der Waals surface area contributed by atoms with Crippen molar-refractivity contribution in [1.29, 1.82) is 0 Å². The lowest BCUT2D eigenvalue weighted by atomic mass is 10.1. The molecule has 0 aliphatic heterocycles. The summed E-state index contributed by atoms with van der Waals surface area (Å²) in [7, 11) is -4.04. The van der Waals surface area contributed by atoms with Gasteiger partial charge in [-0.25, -0.2) is 8.42 Å². The Bertz CT molecular complexity index is 1290. The minimum Gasteiger partial charge on any atom is -0.351 e. The van der Waals surface area contributed by atoms with Gasteiger partial charge >= 0.3 is 0 Å². The number of carbonyl (C=O) groups excluding carboxylic acids is 1. The number of sulfonamides is 1. The minimum atomic E-state index is -4.04. The second-order valence-corrected chi connectivity index (χ2v) is 9.43. The molecule has 1 amide bonds. The summed E-state index contributed by atoms with van der Waals surface area (Å²) in [6, 6.07) is 21.0. The maximum Gasteiger partial charge on any atom is 0.270 e. The average molecular weight is 481 g/mol. The number of hydrogen-bond acceptors (Lipinski definition) is 3. The molecule has 10 N–H and O–H groups in total. The molecule has 3 aromatic rings. The predicted octanol–water partition coefficient (Wildman–Crippen LogP) is -2.18. The Labute approximate surface area is 198 Å². The van der Waals surface area contributed by atoms with E-state index in [4.69, 9.17) is 22.3 Å². The molecule has 0 radical (unpaired) electrons. The third-order valence-corrected chi connectivity index (χ3v) is 6.60. The van der Waals surface area contributed by atoms with E-state index in [-0.39, 0.29) is 29.5 Å². The van der Waals surface area contributed by atoms with Crippen LogP contribution in [0, 0.1) is 0 Å². The zero-order valence-corrected chi connectivity index (χ0v) is 19.3. The van der Waals surface area contributed by atoms with E-state index in [9.17, 15) is 13.2 Å². The fourth-order valence-electron chi connectivity index (χ4n) is 3.26. The monoisotopic (exact) mass is 480 g/mol. The fraction of sp³-hybridized carbons (Fsp3) is 0.125. The van der Waals surface area contributed by atoms with Gasteiger partial charge in [0.2, 0.25) is 15.9 Å². The van der Waals surface area contributed by atoms with Crippen LogP contribution in [0.25, 0.3) is 0 Å². The van der Waals surface area contributed by atoms with Crippen LogP contribution >= 0.6 is 0 Å². The molecular weight excluding hydrogens is 452 g/mol. The number of carbonyl (C=O) groups is 1. The highest BCUT2D eigenvalue weighted by atomic mass is 32.2. The largest absolute Gasteiger partial charge is 0.351 e. The van der Waals surface area contributed by atoms with Gasteiger partial charge in [0, 0.05) is 6.54 Å². The maximum absolute atomic E-state index is 13.1. The van der Waals surface area contributed by atoms with Crippen LogP contribution in [0.3, 0.4) is 0 Å². The van der Waals surface area contributed by atoms with E-state index in [2.05, 4.69) is 10.0 Å². The molecule has 0 aliphatic rings. The molecule has 0 unspecified atom stereocenters. The van der Waals surface area contributed by atoms with Crippen LogP contribution in [0.1, 0.15) is 22.3 Å². The second kappa shape index (κ2) is 10.7. The lowest BCUT2D eigenvalue weighted by Gasteiger charge is -2.19. The first-order valence-corrected chi connectivity index (χ1v) is 11.9. The summed E-state index contributed by atoms with van der Waals surface area (Å²) in [5.41, 5.74) is 13.8. The highest BCUT2D eigenvalue weighted by molar-refractivity contribution is 7.89. The summed E-state index contributed by atoms with van der Waals surface area (Å²) in [5.74, 6) is -0.274. The van der Waals surface area contributed by atoms with E-state index in [1.807, 2.05) is 30.3 Å². The molecule has 0 bridgehead atoms. The van der Waals surface area contributed by atoms with Crippen molar-refractivity contribution < 1.29 is 24.0 Å². The first kappa shape index (κ1) is 24.6. The Morgan fingerprint density at radius 1 is 0.824 bits per heavy atom. The van der Waals surface area contributed by atoms with Gasteiger partial charge in [0.15, 0.2) is 0 Å². The highest BCUT2D eigenvalue weighted by Gasteiger charge is 2.26. The summed E-state index contributed by atoms with van der Waals surface area (Å²) in [4.78, 5) is 13.0. The van der Waals surface area contributed by atoms with Gasteiger partial charge in [0.05, 0.1) is 16.0 Å². The third-order valence-electron chi connectivity index (χ3n) is 5.13. The Kier molecular flexibility index (Phi) is 7.77. The van der Waals surface area contributed by atoms with Crippen LogP contribution in [0.15, 0.2) is 83.8 Å². The zero-order chi connectivity index (χ0) is 24.7. The van der Waals surface area contributed by atoms with Gasteiger partial charge in [0.1, 0.15) is 6.04 Å². The van der Waals surface area contributed by atoms with E-state index >= 15 is 0 Å². The molecule has 0 aromatic heterocycles. The quantitative estimate of drug-likeness (QED) is 0.142. The summed E-state index contributed by atoms with van der Waals surface area (Å²) >= 11 is 0. The van der Waals surface area contributed by atoms with Crippen LogP contribution < -0.4 is 32.3 Å². The summed E-state index contributed by atoms with van der Waals surface area (Å²) in [5, 5.41) is 14.0. The van der Waals surface area contributed by atoms with E-state index in [0.29, 0.717) is 11.1 Å². The number of benzene rings is 3. The standard InChI is InChI=1S/C24H26N6O3S/c25-22(26)18-11-9-17(10-12-18)15-29-24(31)21(13-16-5-2-1-3-6-16)30-34(32,33)20-8-4-7-19(14-20)23(27)28/h1-12,14,21,30H,13,15H2,(H3,25,26)(H3,27,28)(H,29,31)/p+2/t21-/m1/s1. The lowest BCUT2D eigenvalue weighted by molar-refractivity contribution is -0.123. The number of nitrogens with two attached hydrogens (primary N) is 4. The topological polar surface area (TPSA) is 178 Å². The molecule has 10 heteroatoms. The van der Waals surface area contributed by atoms with Crippen molar-refractivity contribution in [1.82, 2.24) is 10.0 Å². The van der Waals surface area contributed by atoms with Gasteiger partial charge in [0.25, 0.3) is 11.7 Å². The Morgan fingerprint density at radius 2 is 1.47 bits per heavy atom. The van der Waals surface area contributed by atoms with Crippen LogP contribution in [-0.4, -0.2) is 32.0 Å². The number of nitrogens with one attached hydrogen (secondary N) is 2. The Balaban J connectivity index is 1.80. The average Bonchev–Trinajstić information content (AvgIpc) is 2.83. The summed E-state index contributed by atoms with van der Waals surface area (Å²) in [6.07, 6.45) is 0.161. The van der Waals surface area contributed by atoms with Crippen molar-refractivity contribution in [3.05, 3.63) is 101 Å². The van der Waals surface area contributed by atoms with Crippen LogP contribution in [0.4, 0.5) is 0 Å². The summed E-state index contributed by atoms with van der Waals surface area (Å²) < 4.78 is 28.7. The lowest BCUT2D eigenvalue weighted by Crippen LogP contribution is -2.48. The van der Waals surface area contributed by atoms with Crippen molar-refractivity contribution in [3.8, 4) is 0 Å². The van der Waals surface area contributed by atoms with Gasteiger partial charge in [-0.3, -0.25) is 27.1 Å². The smallest absolute Gasteiger partial charge is 0.270 e. The first-order valence-electron chi connectivity index (χ1n) is 10.5. The van der Waals surface area contributed by atoms with E-state index < -0.39 is 22.0 Å². The van der Waals surface area contributed by atoms with Crippen molar-refractivity contribution in [2.75, 3.05) is 0 Å². The highest BCUT2D eigenvalue weighted by Crippen LogP contribution is 2.13. The Morgan fingerprint density at radius 3 is 2.09 bits per heavy atom. The molecular formula is C24H28N6O3S+2. The number of amidine groups is 2. The maximum atomic E-state index is 13.1. The van der Waals surface area contributed by atoms with E-state index in [1.54, 1.807) is 30.3 Å².